The molecular weight excluding hydrogens is 292 g/mol. The standard InChI is InChI=1S/C18H34O3Si/c1-5-21-18(20)17(16-22(2,3)4)14-12-10-8-6-7-9-11-13-15-19/h14-15H,5-13,16H2,1-4H3/b17-14+. The van der Waals surface area contributed by atoms with E-state index in [1.807, 2.05) is 6.92 Å². The molecule has 0 saturated heterocycles. The summed E-state index contributed by atoms with van der Waals surface area (Å²) < 4.78 is 5.17. The fourth-order valence-electron chi connectivity index (χ4n) is 2.38. The molecule has 0 spiro atoms. The van der Waals surface area contributed by atoms with Gasteiger partial charge < -0.3 is 9.53 Å². The van der Waals surface area contributed by atoms with Crippen molar-refractivity contribution in [3.63, 3.8) is 0 Å². The Morgan fingerprint density at radius 1 is 0.955 bits per heavy atom. The Morgan fingerprint density at radius 3 is 2.00 bits per heavy atom. The van der Waals surface area contributed by atoms with Gasteiger partial charge >= 0.3 is 5.97 Å². The van der Waals surface area contributed by atoms with Gasteiger partial charge in [-0.1, -0.05) is 51.4 Å². The average Bonchev–Trinajstić information content (AvgIpc) is 2.43. The van der Waals surface area contributed by atoms with E-state index in [0.29, 0.717) is 13.0 Å². The summed E-state index contributed by atoms with van der Waals surface area (Å²) in [6.07, 6.45) is 11.7. The zero-order valence-corrected chi connectivity index (χ0v) is 16.0. The van der Waals surface area contributed by atoms with E-state index in [1.54, 1.807) is 0 Å². The number of hydrogen-bond acceptors (Lipinski definition) is 3. The average molecular weight is 327 g/mol. The summed E-state index contributed by atoms with van der Waals surface area (Å²) in [5.74, 6) is -0.126. The molecule has 0 aromatic heterocycles. The molecule has 4 heteroatoms. The van der Waals surface area contributed by atoms with E-state index in [4.69, 9.17) is 4.74 Å². The van der Waals surface area contributed by atoms with E-state index in [2.05, 4.69) is 25.7 Å². The topological polar surface area (TPSA) is 43.4 Å². The van der Waals surface area contributed by atoms with Crippen LogP contribution in [0.5, 0.6) is 0 Å². The van der Waals surface area contributed by atoms with Crippen LogP contribution in [0.1, 0.15) is 58.3 Å². The fourth-order valence-corrected chi connectivity index (χ4v) is 3.81. The summed E-state index contributed by atoms with van der Waals surface area (Å²) in [5.41, 5.74) is 0.881. The number of allylic oxidation sites excluding steroid dienone is 1. The first-order chi connectivity index (χ1) is 10.4. The van der Waals surface area contributed by atoms with E-state index in [9.17, 15) is 9.59 Å². The second-order valence-corrected chi connectivity index (χ2v) is 12.5. The Kier molecular flexibility index (Phi) is 12.1. The third kappa shape index (κ3) is 12.8. The first kappa shape index (κ1) is 21.1. The van der Waals surface area contributed by atoms with Crippen LogP contribution in [0.3, 0.4) is 0 Å². The van der Waals surface area contributed by atoms with Gasteiger partial charge in [-0.25, -0.2) is 4.79 Å². The molecule has 0 atom stereocenters. The molecule has 0 saturated carbocycles. The van der Waals surface area contributed by atoms with Crippen molar-refractivity contribution >= 4 is 20.3 Å². The number of hydrogen-bond donors (Lipinski definition) is 0. The quantitative estimate of drug-likeness (QED) is 0.155. The normalized spacial score (nSPS) is 12.3. The maximum absolute atomic E-state index is 12.0. The smallest absolute Gasteiger partial charge is 0.333 e. The van der Waals surface area contributed by atoms with Crippen molar-refractivity contribution in [2.45, 2.75) is 84.0 Å². The maximum atomic E-state index is 12.0. The molecule has 0 aliphatic rings. The molecule has 0 heterocycles. The van der Waals surface area contributed by atoms with Crippen molar-refractivity contribution < 1.29 is 14.3 Å². The van der Waals surface area contributed by atoms with Crippen LogP contribution in [0.15, 0.2) is 11.6 Å². The third-order valence-corrected chi connectivity index (χ3v) is 4.87. The highest BCUT2D eigenvalue weighted by Gasteiger charge is 2.20. The summed E-state index contributed by atoms with van der Waals surface area (Å²) in [7, 11) is -1.30. The number of esters is 1. The molecule has 0 aliphatic carbocycles. The number of carbonyl (C=O) groups is 2. The Morgan fingerprint density at radius 2 is 1.50 bits per heavy atom. The molecule has 0 rings (SSSR count). The van der Waals surface area contributed by atoms with Gasteiger partial charge in [-0.15, -0.1) is 0 Å². The highest BCUT2D eigenvalue weighted by Crippen LogP contribution is 2.19. The fraction of sp³-hybridized carbons (Fsp3) is 0.778. The van der Waals surface area contributed by atoms with E-state index < -0.39 is 8.07 Å². The molecule has 128 valence electrons. The summed E-state index contributed by atoms with van der Waals surface area (Å²) in [4.78, 5) is 22.2. The van der Waals surface area contributed by atoms with Crippen LogP contribution in [0.2, 0.25) is 25.7 Å². The van der Waals surface area contributed by atoms with Gasteiger partial charge in [0.05, 0.1) is 6.61 Å². The Balaban J connectivity index is 4.04. The van der Waals surface area contributed by atoms with E-state index >= 15 is 0 Å². The summed E-state index contributed by atoms with van der Waals surface area (Å²) in [6.45, 7) is 9.13. The van der Waals surface area contributed by atoms with Gasteiger partial charge in [0.25, 0.3) is 0 Å². The third-order valence-electron chi connectivity index (χ3n) is 3.43. The van der Waals surface area contributed by atoms with Crippen LogP contribution in [0.4, 0.5) is 0 Å². The largest absolute Gasteiger partial charge is 0.463 e. The molecule has 0 radical (unpaired) electrons. The zero-order valence-electron chi connectivity index (χ0n) is 15.0. The van der Waals surface area contributed by atoms with Gasteiger partial charge in [0, 0.05) is 20.1 Å². The Bertz CT molecular complexity index is 343. The van der Waals surface area contributed by atoms with E-state index in [1.165, 1.54) is 19.3 Å². The van der Waals surface area contributed by atoms with Gasteiger partial charge in [0.2, 0.25) is 0 Å². The Hall–Kier alpha value is -0.903. The number of aldehydes is 1. The Labute approximate surface area is 137 Å². The van der Waals surface area contributed by atoms with Crippen molar-refractivity contribution in [1.82, 2.24) is 0 Å². The lowest BCUT2D eigenvalue weighted by atomic mass is 10.1. The lowest BCUT2D eigenvalue weighted by Gasteiger charge is -2.17. The molecule has 0 N–H and O–H groups in total. The first-order valence-corrected chi connectivity index (χ1v) is 12.4. The zero-order chi connectivity index (χ0) is 16.8. The number of carbonyl (C=O) groups excluding carboxylic acids is 2. The number of unbranched alkanes of at least 4 members (excludes halogenated alkanes) is 7. The monoisotopic (exact) mass is 326 g/mol. The van der Waals surface area contributed by atoms with Crippen molar-refractivity contribution in [2.75, 3.05) is 6.61 Å². The van der Waals surface area contributed by atoms with Gasteiger partial charge in [0.15, 0.2) is 0 Å². The summed E-state index contributed by atoms with van der Waals surface area (Å²) in [5, 5.41) is 0. The van der Waals surface area contributed by atoms with Crippen molar-refractivity contribution in [2.24, 2.45) is 0 Å². The molecule has 3 nitrogen and oxygen atoms in total. The van der Waals surface area contributed by atoms with E-state index in [-0.39, 0.29) is 5.97 Å². The van der Waals surface area contributed by atoms with Gasteiger partial charge in [-0.3, -0.25) is 0 Å². The molecule has 0 aliphatic heterocycles. The highest BCUT2D eigenvalue weighted by atomic mass is 28.3. The summed E-state index contributed by atoms with van der Waals surface area (Å²) >= 11 is 0. The van der Waals surface area contributed by atoms with Crippen LogP contribution < -0.4 is 0 Å². The maximum Gasteiger partial charge on any atom is 0.333 e. The molecule has 0 bridgehead atoms. The molecule has 0 aromatic rings. The second kappa shape index (κ2) is 12.6. The SMILES string of the molecule is CCOC(=O)/C(=C/CCCCCCCCC=O)C[Si](C)(C)C. The number of rotatable bonds is 13. The summed E-state index contributed by atoms with van der Waals surface area (Å²) in [6, 6.07) is 0.900. The van der Waals surface area contributed by atoms with Crippen LogP contribution in [0, 0.1) is 0 Å². The van der Waals surface area contributed by atoms with Crippen molar-refractivity contribution in [3.05, 3.63) is 11.6 Å². The number of ether oxygens (including phenoxy) is 1. The molecule has 0 aromatic carbocycles. The van der Waals surface area contributed by atoms with Crippen LogP contribution >= 0.6 is 0 Å². The molecule has 22 heavy (non-hydrogen) atoms. The van der Waals surface area contributed by atoms with Crippen molar-refractivity contribution in [3.8, 4) is 0 Å². The van der Waals surface area contributed by atoms with Crippen molar-refractivity contribution in [1.29, 1.82) is 0 Å². The predicted molar refractivity (Wildman–Crippen MR) is 95.9 cm³/mol. The molecule has 0 fully saturated rings. The minimum atomic E-state index is -1.30. The van der Waals surface area contributed by atoms with Gasteiger partial charge in [-0.05, 0) is 32.2 Å². The van der Waals surface area contributed by atoms with Gasteiger partial charge in [0.1, 0.15) is 6.29 Å². The van der Waals surface area contributed by atoms with E-state index in [0.717, 1.165) is 43.6 Å². The molecule has 0 unspecified atom stereocenters. The first-order valence-electron chi connectivity index (χ1n) is 8.70. The molecule has 0 amide bonds. The van der Waals surface area contributed by atoms with Crippen LogP contribution in [-0.4, -0.2) is 26.9 Å². The minimum absolute atomic E-state index is 0.126. The van der Waals surface area contributed by atoms with Crippen LogP contribution in [0.25, 0.3) is 0 Å². The lowest BCUT2D eigenvalue weighted by molar-refractivity contribution is -0.138. The van der Waals surface area contributed by atoms with Crippen LogP contribution in [-0.2, 0) is 14.3 Å². The highest BCUT2D eigenvalue weighted by molar-refractivity contribution is 6.77. The second-order valence-electron chi connectivity index (χ2n) is 7.05. The molecular formula is C18H34O3Si. The predicted octanol–water partition coefficient (Wildman–Crippen LogP) is 5.13. The minimum Gasteiger partial charge on any atom is -0.463 e. The lowest BCUT2D eigenvalue weighted by Crippen LogP contribution is -2.23. The van der Waals surface area contributed by atoms with Gasteiger partial charge in [-0.2, -0.15) is 0 Å².